The van der Waals surface area contributed by atoms with E-state index in [9.17, 15) is 18.7 Å². The fourth-order valence-electron chi connectivity index (χ4n) is 1.80. The van der Waals surface area contributed by atoms with Crippen LogP contribution in [0.1, 0.15) is 27.6 Å². The van der Waals surface area contributed by atoms with E-state index < -0.39 is 29.1 Å². The van der Waals surface area contributed by atoms with Gasteiger partial charge in [-0.2, -0.15) is 5.26 Å². The summed E-state index contributed by atoms with van der Waals surface area (Å²) in [5.41, 5.74) is -0.462. The van der Waals surface area contributed by atoms with Crippen molar-refractivity contribution in [1.82, 2.24) is 0 Å². The molecule has 3 nitrogen and oxygen atoms in total. The third-order valence-electron chi connectivity index (χ3n) is 2.80. The average molecular weight is 273 g/mol. The Morgan fingerprint density at radius 3 is 2.35 bits per heavy atom. The van der Waals surface area contributed by atoms with Crippen molar-refractivity contribution in [2.24, 2.45) is 0 Å². The van der Waals surface area contributed by atoms with Crippen LogP contribution in [-0.4, -0.2) is 10.9 Å². The number of benzene rings is 2. The van der Waals surface area contributed by atoms with E-state index in [1.807, 2.05) is 6.07 Å². The summed E-state index contributed by atoms with van der Waals surface area (Å²) in [5.74, 6) is -2.87. The molecule has 20 heavy (non-hydrogen) atoms. The van der Waals surface area contributed by atoms with Gasteiger partial charge in [0.05, 0.1) is 17.2 Å². The molecule has 1 atom stereocenters. The number of aliphatic hydroxyl groups excluding tert-OH is 1. The number of ketones is 1. The maximum atomic E-state index is 13.5. The molecule has 0 fully saturated rings. The first-order valence-electron chi connectivity index (χ1n) is 5.71. The van der Waals surface area contributed by atoms with Gasteiger partial charge in [-0.05, 0) is 24.3 Å². The second kappa shape index (κ2) is 5.59. The highest BCUT2D eigenvalue weighted by Gasteiger charge is 2.25. The maximum absolute atomic E-state index is 13.5. The van der Waals surface area contributed by atoms with Gasteiger partial charge in [-0.25, -0.2) is 8.78 Å². The molecule has 0 aromatic heterocycles. The zero-order chi connectivity index (χ0) is 14.7. The second-order valence-corrected chi connectivity index (χ2v) is 4.09. The van der Waals surface area contributed by atoms with Crippen molar-refractivity contribution in [1.29, 1.82) is 5.26 Å². The lowest BCUT2D eigenvalue weighted by Gasteiger charge is -2.12. The van der Waals surface area contributed by atoms with E-state index in [0.29, 0.717) is 0 Å². The molecule has 0 saturated carbocycles. The van der Waals surface area contributed by atoms with Crippen LogP contribution >= 0.6 is 0 Å². The number of aliphatic hydroxyl groups is 1. The Bertz CT molecular complexity index is 687. The van der Waals surface area contributed by atoms with Crippen LogP contribution in [0.3, 0.4) is 0 Å². The van der Waals surface area contributed by atoms with Crippen LogP contribution < -0.4 is 0 Å². The van der Waals surface area contributed by atoms with Crippen molar-refractivity contribution in [2.45, 2.75) is 6.10 Å². The van der Waals surface area contributed by atoms with Crippen LogP contribution in [0, 0.1) is 23.0 Å². The van der Waals surface area contributed by atoms with Crippen LogP contribution in [-0.2, 0) is 0 Å². The highest BCUT2D eigenvalue weighted by atomic mass is 19.1. The topological polar surface area (TPSA) is 61.1 Å². The van der Waals surface area contributed by atoms with Crippen LogP contribution in [0.5, 0.6) is 0 Å². The summed E-state index contributed by atoms with van der Waals surface area (Å²) in [6.45, 7) is 0. The number of nitriles is 1. The molecule has 0 heterocycles. The SMILES string of the molecule is N#Cc1cccc(C(=O)[C@H](O)c2c(F)cccc2F)c1. The largest absolute Gasteiger partial charge is 0.380 e. The summed E-state index contributed by atoms with van der Waals surface area (Å²) in [4.78, 5) is 12.0. The lowest BCUT2D eigenvalue weighted by molar-refractivity contribution is 0.0732. The molecule has 0 saturated heterocycles. The molecule has 100 valence electrons. The minimum Gasteiger partial charge on any atom is -0.380 e. The van der Waals surface area contributed by atoms with Crippen molar-refractivity contribution >= 4 is 5.78 Å². The van der Waals surface area contributed by atoms with E-state index in [2.05, 4.69) is 0 Å². The normalized spacial score (nSPS) is 11.7. The van der Waals surface area contributed by atoms with Gasteiger partial charge in [0.1, 0.15) is 17.7 Å². The zero-order valence-electron chi connectivity index (χ0n) is 10.2. The van der Waals surface area contributed by atoms with Crippen molar-refractivity contribution in [3.05, 3.63) is 70.8 Å². The molecular weight excluding hydrogens is 264 g/mol. The molecule has 5 heteroatoms. The first-order valence-corrected chi connectivity index (χ1v) is 5.71. The van der Waals surface area contributed by atoms with Crippen molar-refractivity contribution in [3.63, 3.8) is 0 Å². The smallest absolute Gasteiger partial charge is 0.196 e. The molecule has 0 aliphatic heterocycles. The molecule has 0 unspecified atom stereocenters. The molecular formula is C15H9F2NO2. The highest BCUT2D eigenvalue weighted by molar-refractivity contribution is 6.00. The molecule has 0 spiro atoms. The summed E-state index contributed by atoms with van der Waals surface area (Å²) in [6.07, 6.45) is -1.95. The predicted octanol–water partition coefficient (Wildman–Crippen LogP) is 2.75. The third kappa shape index (κ3) is 2.56. The maximum Gasteiger partial charge on any atom is 0.196 e. The van der Waals surface area contributed by atoms with E-state index in [0.717, 1.165) is 18.2 Å². The summed E-state index contributed by atoms with van der Waals surface area (Å²) in [6, 6.07) is 10.5. The number of hydrogen-bond donors (Lipinski definition) is 1. The Hall–Kier alpha value is -2.58. The number of carbonyl (C=O) groups excluding carboxylic acids is 1. The molecule has 0 aliphatic rings. The number of rotatable bonds is 3. The fourth-order valence-corrected chi connectivity index (χ4v) is 1.80. The third-order valence-corrected chi connectivity index (χ3v) is 2.80. The molecule has 0 radical (unpaired) electrons. The Morgan fingerprint density at radius 1 is 1.15 bits per heavy atom. The van der Waals surface area contributed by atoms with Crippen LogP contribution in [0.25, 0.3) is 0 Å². The number of halogens is 2. The minimum atomic E-state index is -1.95. The molecule has 0 aliphatic carbocycles. The summed E-state index contributed by atoms with van der Waals surface area (Å²) in [7, 11) is 0. The Morgan fingerprint density at radius 2 is 1.75 bits per heavy atom. The van der Waals surface area contributed by atoms with Crippen molar-refractivity contribution in [2.75, 3.05) is 0 Å². The van der Waals surface area contributed by atoms with Gasteiger partial charge in [-0.15, -0.1) is 0 Å². The van der Waals surface area contributed by atoms with E-state index in [4.69, 9.17) is 5.26 Å². The predicted molar refractivity (Wildman–Crippen MR) is 66.8 cm³/mol. The van der Waals surface area contributed by atoms with Gasteiger partial charge in [0.25, 0.3) is 0 Å². The first-order chi connectivity index (χ1) is 9.54. The average Bonchev–Trinajstić information content (AvgIpc) is 2.46. The fraction of sp³-hybridized carbons (Fsp3) is 0.0667. The number of carbonyl (C=O) groups is 1. The Labute approximate surface area is 113 Å². The molecule has 0 bridgehead atoms. The lowest BCUT2D eigenvalue weighted by atomic mass is 9.98. The van der Waals surface area contributed by atoms with E-state index in [1.165, 1.54) is 24.3 Å². The van der Waals surface area contributed by atoms with Crippen LogP contribution in [0.2, 0.25) is 0 Å². The van der Waals surface area contributed by atoms with Gasteiger partial charge in [-0.3, -0.25) is 4.79 Å². The van der Waals surface area contributed by atoms with Gasteiger partial charge in [0.15, 0.2) is 5.78 Å². The Kier molecular flexibility index (Phi) is 3.87. The van der Waals surface area contributed by atoms with Crippen LogP contribution in [0.15, 0.2) is 42.5 Å². The number of nitrogens with zero attached hydrogens (tertiary/aromatic N) is 1. The summed E-state index contributed by atoms with van der Waals surface area (Å²) >= 11 is 0. The quantitative estimate of drug-likeness (QED) is 0.875. The number of hydrogen-bond acceptors (Lipinski definition) is 3. The first kappa shape index (κ1) is 13.8. The van der Waals surface area contributed by atoms with E-state index in [-0.39, 0.29) is 11.1 Å². The van der Waals surface area contributed by atoms with Crippen molar-refractivity contribution in [3.8, 4) is 6.07 Å². The van der Waals surface area contributed by atoms with E-state index in [1.54, 1.807) is 0 Å². The summed E-state index contributed by atoms with van der Waals surface area (Å²) in [5, 5.41) is 18.6. The molecule has 2 aromatic carbocycles. The molecule has 0 amide bonds. The minimum absolute atomic E-state index is 0.0132. The molecule has 1 N–H and O–H groups in total. The lowest BCUT2D eigenvalue weighted by Crippen LogP contribution is -2.15. The summed E-state index contributed by atoms with van der Waals surface area (Å²) < 4.78 is 27.0. The monoisotopic (exact) mass is 273 g/mol. The van der Waals surface area contributed by atoms with Gasteiger partial charge in [0.2, 0.25) is 0 Å². The number of Topliss-reactive ketones (excluding diaryl/α,β-unsaturated/α-hetero) is 1. The van der Waals surface area contributed by atoms with Gasteiger partial charge < -0.3 is 5.11 Å². The Balaban J connectivity index is 2.40. The zero-order valence-corrected chi connectivity index (χ0v) is 10.2. The van der Waals surface area contributed by atoms with Gasteiger partial charge in [0, 0.05) is 5.56 Å². The molecule has 2 aromatic rings. The highest BCUT2D eigenvalue weighted by Crippen LogP contribution is 2.24. The second-order valence-electron chi connectivity index (χ2n) is 4.09. The molecule has 2 rings (SSSR count). The standard InChI is InChI=1S/C15H9F2NO2/c16-11-5-2-6-12(17)13(11)15(20)14(19)10-4-1-3-9(7-10)8-18/h1-7,15,20H/t15-/m1/s1. The van der Waals surface area contributed by atoms with Crippen molar-refractivity contribution < 1.29 is 18.7 Å². The van der Waals surface area contributed by atoms with Gasteiger partial charge >= 0.3 is 0 Å². The van der Waals surface area contributed by atoms with Crippen LogP contribution in [0.4, 0.5) is 8.78 Å². The van der Waals surface area contributed by atoms with Gasteiger partial charge in [-0.1, -0.05) is 18.2 Å². The van der Waals surface area contributed by atoms with E-state index >= 15 is 0 Å².